The number of halogens is 3. The average molecular weight is 278 g/mol. The number of fused-ring (bicyclic) bond motifs is 1. The zero-order valence-corrected chi connectivity index (χ0v) is 10.6. The largest absolute Gasteiger partial charge is 0.586 e. The monoisotopic (exact) mass is 277 g/mol. The minimum absolute atomic E-state index is 0. The molecule has 0 spiro atoms. The summed E-state index contributed by atoms with van der Waals surface area (Å²) in [5.41, 5.74) is 7.29. The second-order valence-electron chi connectivity index (χ2n) is 4.11. The Bertz CT molecular complexity index is 465. The topological polar surface area (TPSA) is 44.5 Å². The van der Waals surface area contributed by atoms with E-state index in [4.69, 9.17) is 5.73 Å². The lowest BCUT2D eigenvalue weighted by atomic mass is 10.00. The Morgan fingerprint density at radius 3 is 2.72 bits per heavy atom. The first-order valence-electron chi connectivity index (χ1n) is 5.18. The first kappa shape index (κ1) is 14.7. The Labute approximate surface area is 110 Å². The highest BCUT2D eigenvalue weighted by molar-refractivity contribution is 5.85. The van der Waals surface area contributed by atoms with Crippen molar-refractivity contribution in [3.05, 3.63) is 35.9 Å². The number of rotatable bonds is 3. The molecule has 1 aliphatic heterocycles. The van der Waals surface area contributed by atoms with Crippen molar-refractivity contribution in [2.75, 3.05) is 0 Å². The maximum absolute atomic E-state index is 12.9. The van der Waals surface area contributed by atoms with Crippen molar-refractivity contribution < 1.29 is 18.3 Å². The van der Waals surface area contributed by atoms with E-state index in [0.717, 1.165) is 5.57 Å². The lowest BCUT2D eigenvalue weighted by molar-refractivity contribution is -0.287. The summed E-state index contributed by atoms with van der Waals surface area (Å²) < 4.78 is 34.7. The van der Waals surface area contributed by atoms with Crippen LogP contribution >= 0.6 is 12.4 Å². The minimum Gasteiger partial charge on any atom is -0.395 e. The Morgan fingerprint density at radius 2 is 2.11 bits per heavy atom. The maximum Gasteiger partial charge on any atom is 0.586 e. The molecule has 18 heavy (non-hydrogen) atoms. The molecule has 3 nitrogen and oxygen atoms in total. The Balaban J connectivity index is 0.00000162. The molecule has 0 fully saturated rings. The van der Waals surface area contributed by atoms with E-state index in [-0.39, 0.29) is 23.9 Å². The van der Waals surface area contributed by atoms with Gasteiger partial charge < -0.3 is 15.2 Å². The molecule has 1 atom stereocenters. The molecule has 0 unspecified atom stereocenters. The second-order valence-corrected chi connectivity index (χ2v) is 4.11. The molecule has 1 aliphatic rings. The summed E-state index contributed by atoms with van der Waals surface area (Å²) in [6.45, 7) is 5.57. The molecule has 1 aromatic rings. The first-order chi connectivity index (χ1) is 7.89. The van der Waals surface area contributed by atoms with E-state index in [1.807, 2.05) is 6.92 Å². The predicted octanol–water partition coefficient (Wildman–Crippen LogP) is 3.40. The summed E-state index contributed by atoms with van der Waals surface area (Å²) in [4.78, 5) is 0. The van der Waals surface area contributed by atoms with E-state index in [0.29, 0.717) is 12.0 Å². The highest BCUT2D eigenvalue weighted by Gasteiger charge is 2.44. The van der Waals surface area contributed by atoms with Crippen LogP contribution in [0.4, 0.5) is 8.78 Å². The molecule has 100 valence electrons. The number of para-hydroxylation sites is 1. The van der Waals surface area contributed by atoms with Crippen LogP contribution in [0, 0.1) is 0 Å². The van der Waals surface area contributed by atoms with Gasteiger partial charge in [-0.1, -0.05) is 17.7 Å². The zero-order chi connectivity index (χ0) is 12.6. The fraction of sp³-hybridized carbons (Fsp3) is 0.333. The summed E-state index contributed by atoms with van der Waals surface area (Å²) >= 11 is 0. The molecule has 0 aromatic heterocycles. The molecule has 0 saturated heterocycles. The van der Waals surface area contributed by atoms with Gasteiger partial charge in [0, 0.05) is 11.6 Å². The minimum atomic E-state index is -3.61. The summed E-state index contributed by atoms with van der Waals surface area (Å²) in [5.74, 6) is 0.0379. The zero-order valence-electron chi connectivity index (χ0n) is 9.78. The Hall–Kier alpha value is -1.33. The fourth-order valence-electron chi connectivity index (χ4n) is 1.77. The summed E-state index contributed by atoms with van der Waals surface area (Å²) in [5, 5.41) is 0. The van der Waals surface area contributed by atoms with E-state index in [1.165, 1.54) is 6.07 Å². The van der Waals surface area contributed by atoms with Gasteiger partial charge in [-0.3, -0.25) is 0 Å². The molecule has 2 N–H and O–H groups in total. The van der Waals surface area contributed by atoms with Gasteiger partial charge in [0.2, 0.25) is 0 Å². The molecule has 1 aromatic carbocycles. The molecule has 0 radical (unpaired) electrons. The number of nitrogens with two attached hydrogens (primary N) is 1. The molecule has 0 saturated carbocycles. The number of hydrogen-bond donors (Lipinski definition) is 1. The van der Waals surface area contributed by atoms with Crippen molar-refractivity contribution in [3.8, 4) is 11.5 Å². The molecular weight excluding hydrogens is 264 g/mol. The third-order valence-corrected chi connectivity index (χ3v) is 2.43. The van der Waals surface area contributed by atoms with E-state index in [9.17, 15) is 8.78 Å². The van der Waals surface area contributed by atoms with Crippen LogP contribution in [0.3, 0.4) is 0 Å². The van der Waals surface area contributed by atoms with Crippen molar-refractivity contribution in [2.45, 2.75) is 25.7 Å². The van der Waals surface area contributed by atoms with Crippen molar-refractivity contribution in [1.29, 1.82) is 0 Å². The van der Waals surface area contributed by atoms with Crippen molar-refractivity contribution in [3.63, 3.8) is 0 Å². The highest BCUT2D eigenvalue weighted by atomic mass is 35.5. The molecule has 2 rings (SSSR count). The number of alkyl halides is 2. The van der Waals surface area contributed by atoms with Gasteiger partial charge in [-0.05, 0) is 19.4 Å². The Kier molecular flexibility index (Phi) is 4.19. The van der Waals surface area contributed by atoms with Gasteiger partial charge in [-0.25, -0.2) is 0 Å². The van der Waals surface area contributed by atoms with Crippen molar-refractivity contribution in [1.82, 2.24) is 0 Å². The summed E-state index contributed by atoms with van der Waals surface area (Å²) in [7, 11) is 0. The van der Waals surface area contributed by atoms with Gasteiger partial charge in [0.1, 0.15) is 0 Å². The van der Waals surface area contributed by atoms with Crippen LogP contribution in [0.25, 0.3) is 0 Å². The van der Waals surface area contributed by atoms with Gasteiger partial charge in [-0.15, -0.1) is 27.8 Å². The quantitative estimate of drug-likeness (QED) is 0.861. The van der Waals surface area contributed by atoms with Gasteiger partial charge >= 0.3 is 6.29 Å². The van der Waals surface area contributed by atoms with Crippen molar-refractivity contribution in [2.24, 2.45) is 5.73 Å². The lowest BCUT2D eigenvalue weighted by Crippen LogP contribution is -2.26. The molecule has 0 amide bonds. The van der Waals surface area contributed by atoms with Crippen LogP contribution in [-0.4, -0.2) is 6.29 Å². The first-order valence-corrected chi connectivity index (χ1v) is 5.18. The third-order valence-electron chi connectivity index (χ3n) is 2.43. The normalized spacial score (nSPS) is 16.9. The molecule has 0 bridgehead atoms. The van der Waals surface area contributed by atoms with E-state index in [2.05, 4.69) is 16.1 Å². The van der Waals surface area contributed by atoms with E-state index in [1.54, 1.807) is 12.1 Å². The van der Waals surface area contributed by atoms with Crippen LogP contribution in [0.1, 0.15) is 24.9 Å². The SMILES string of the molecule is C=C(C)C[C@@H](N)c1cccc2c1OC(F)(F)O2.Cl. The lowest BCUT2D eigenvalue weighted by Gasteiger charge is -2.14. The van der Waals surface area contributed by atoms with Gasteiger partial charge in [0.25, 0.3) is 0 Å². The highest BCUT2D eigenvalue weighted by Crippen LogP contribution is 2.45. The molecule has 6 heteroatoms. The maximum atomic E-state index is 12.9. The molecule has 0 aliphatic carbocycles. The van der Waals surface area contributed by atoms with Gasteiger partial charge in [-0.2, -0.15) is 0 Å². The smallest absolute Gasteiger partial charge is 0.395 e. The summed E-state index contributed by atoms with van der Waals surface area (Å²) in [6, 6.07) is 4.25. The van der Waals surface area contributed by atoms with E-state index < -0.39 is 12.3 Å². The van der Waals surface area contributed by atoms with Crippen LogP contribution in [0.2, 0.25) is 0 Å². The van der Waals surface area contributed by atoms with Crippen molar-refractivity contribution >= 4 is 12.4 Å². The number of hydrogen-bond acceptors (Lipinski definition) is 3. The summed E-state index contributed by atoms with van der Waals surface area (Å²) in [6.07, 6.45) is -3.10. The fourth-order valence-corrected chi connectivity index (χ4v) is 1.77. The van der Waals surface area contributed by atoms with Gasteiger partial charge in [0.05, 0.1) is 0 Å². The molecular formula is C12H14ClF2NO2. The van der Waals surface area contributed by atoms with E-state index >= 15 is 0 Å². The van der Waals surface area contributed by atoms with Crippen LogP contribution in [0.15, 0.2) is 30.4 Å². The van der Waals surface area contributed by atoms with Crippen LogP contribution in [-0.2, 0) is 0 Å². The molecule has 1 heterocycles. The Morgan fingerprint density at radius 1 is 1.44 bits per heavy atom. The van der Waals surface area contributed by atoms with Crippen LogP contribution in [0.5, 0.6) is 11.5 Å². The second kappa shape index (κ2) is 5.12. The van der Waals surface area contributed by atoms with Gasteiger partial charge in [0.15, 0.2) is 11.5 Å². The van der Waals surface area contributed by atoms with Crippen LogP contribution < -0.4 is 15.2 Å². The third kappa shape index (κ3) is 2.91. The standard InChI is InChI=1S/C12H13F2NO2.ClH/c1-7(2)6-9(15)8-4-3-5-10-11(8)17-12(13,14)16-10;/h3-5,9H,1,6,15H2,2H3;1H/t9-;/m1./s1. The predicted molar refractivity (Wildman–Crippen MR) is 66.3 cm³/mol. The average Bonchev–Trinajstić information content (AvgIpc) is 2.49. The number of benzene rings is 1. The number of ether oxygens (including phenoxy) is 2.